The third-order valence-electron chi connectivity index (χ3n) is 6.51. The zero-order valence-electron chi connectivity index (χ0n) is 17.4. The zero-order valence-corrected chi connectivity index (χ0v) is 17.4. The van der Waals surface area contributed by atoms with Crippen LogP contribution in [-0.2, 0) is 14.3 Å². The van der Waals surface area contributed by atoms with Gasteiger partial charge in [-0.05, 0) is 67.2 Å². The van der Waals surface area contributed by atoms with E-state index in [1.165, 1.54) is 25.7 Å². The topological polar surface area (TPSA) is 64.6 Å². The molecule has 158 valence electrons. The number of esters is 1. The molecule has 0 aliphatic heterocycles. The van der Waals surface area contributed by atoms with Gasteiger partial charge >= 0.3 is 5.97 Å². The van der Waals surface area contributed by atoms with Crippen LogP contribution < -0.4 is 10.1 Å². The summed E-state index contributed by atoms with van der Waals surface area (Å²) < 4.78 is 10.5. The number of benzene rings is 2. The zero-order chi connectivity index (χ0) is 20.9. The van der Waals surface area contributed by atoms with E-state index in [0.717, 1.165) is 23.0 Å². The third-order valence-corrected chi connectivity index (χ3v) is 6.51. The summed E-state index contributed by atoms with van der Waals surface area (Å²) >= 11 is 0. The fraction of sp³-hybridized carbons (Fsp3) is 0.440. The standard InChI is InChI=1S/C25H29NO4/c1-17(23-14-18-7-8-21(23)13-18)26-24(27)15-30-25(28)16-29-22-11-9-20(10-12-22)19-5-3-2-4-6-19/h2-6,9-12,17-18,21,23H,7-8,13-16H2,1H3,(H,26,27)/t17-,18-,21-,23-/m0/s1. The van der Waals surface area contributed by atoms with Crippen LogP contribution in [-0.4, -0.2) is 31.1 Å². The number of fused-ring (bicyclic) bond motifs is 2. The van der Waals surface area contributed by atoms with Crippen LogP contribution in [0, 0.1) is 17.8 Å². The normalized spacial score (nSPS) is 23.0. The highest BCUT2D eigenvalue weighted by molar-refractivity contribution is 5.81. The number of ether oxygens (including phenoxy) is 2. The van der Waals surface area contributed by atoms with Gasteiger partial charge in [0, 0.05) is 6.04 Å². The Kier molecular flexibility index (Phi) is 6.36. The van der Waals surface area contributed by atoms with E-state index in [4.69, 9.17) is 9.47 Å². The molecule has 2 aliphatic rings. The monoisotopic (exact) mass is 407 g/mol. The van der Waals surface area contributed by atoms with Crippen molar-refractivity contribution >= 4 is 11.9 Å². The Morgan fingerprint density at radius 1 is 0.967 bits per heavy atom. The summed E-state index contributed by atoms with van der Waals surface area (Å²) in [7, 11) is 0. The molecule has 0 spiro atoms. The molecule has 4 rings (SSSR count). The lowest BCUT2D eigenvalue weighted by Gasteiger charge is -2.28. The van der Waals surface area contributed by atoms with Gasteiger partial charge in [0.05, 0.1) is 0 Å². The van der Waals surface area contributed by atoms with Crippen LogP contribution in [0.1, 0.15) is 32.6 Å². The number of nitrogens with one attached hydrogen (secondary N) is 1. The molecule has 2 aromatic carbocycles. The quantitative estimate of drug-likeness (QED) is 0.666. The predicted molar refractivity (Wildman–Crippen MR) is 115 cm³/mol. The van der Waals surface area contributed by atoms with Crippen molar-refractivity contribution in [3.05, 3.63) is 54.6 Å². The first-order chi connectivity index (χ1) is 14.6. The highest BCUT2D eigenvalue weighted by atomic mass is 16.6. The van der Waals surface area contributed by atoms with Crippen molar-refractivity contribution < 1.29 is 19.1 Å². The maximum atomic E-state index is 12.1. The first kappa shape index (κ1) is 20.5. The molecule has 30 heavy (non-hydrogen) atoms. The van der Waals surface area contributed by atoms with E-state index in [2.05, 4.69) is 12.2 Å². The molecule has 1 amide bonds. The summed E-state index contributed by atoms with van der Waals surface area (Å²) in [6.45, 7) is 1.58. The first-order valence-corrected chi connectivity index (χ1v) is 10.8. The van der Waals surface area contributed by atoms with Crippen LogP contribution in [0.3, 0.4) is 0 Å². The summed E-state index contributed by atoms with van der Waals surface area (Å²) in [4.78, 5) is 24.1. The van der Waals surface area contributed by atoms with Gasteiger partial charge in [0.15, 0.2) is 13.2 Å². The number of hydrogen-bond acceptors (Lipinski definition) is 4. The van der Waals surface area contributed by atoms with Crippen molar-refractivity contribution in [1.29, 1.82) is 0 Å². The average Bonchev–Trinajstić information content (AvgIpc) is 3.41. The average molecular weight is 408 g/mol. The van der Waals surface area contributed by atoms with Crippen molar-refractivity contribution in [2.45, 2.75) is 38.6 Å². The van der Waals surface area contributed by atoms with Gasteiger partial charge in [0.1, 0.15) is 5.75 Å². The van der Waals surface area contributed by atoms with Gasteiger partial charge in [-0.15, -0.1) is 0 Å². The largest absolute Gasteiger partial charge is 0.482 e. The van der Waals surface area contributed by atoms with Gasteiger partial charge in [-0.25, -0.2) is 4.79 Å². The second-order valence-corrected chi connectivity index (χ2v) is 8.53. The Morgan fingerprint density at radius 2 is 1.70 bits per heavy atom. The van der Waals surface area contributed by atoms with Gasteiger partial charge in [-0.3, -0.25) is 4.79 Å². The van der Waals surface area contributed by atoms with Gasteiger partial charge in [0.2, 0.25) is 0 Å². The molecule has 4 atom stereocenters. The lowest BCUT2D eigenvalue weighted by atomic mass is 9.84. The van der Waals surface area contributed by atoms with Crippen molar-refractivity contribution in [3.63, 3.8) is 0 Å². The van der Waals surface area contributed by atoms with Crippen LogP contribution in [0.25, 0.3) is 11.1 Å². The molecule has 0 saturated heterocycles. The Labute approximate surface area is 177 Å². The van der Waals surface area contributed by atoms with Crippen LogP contribution >= 0.6 is 0 Å². The Hall–Kier alpha value is -2.82. The fourth-order valence-electron chi connectivity index (χ4n) is 5.01. The summed E-state index contributed by atoms with van der Waals surface area (Å²) in [5.74, 6) is 1.94. The molecule has 0 unspecified atom stereocenters. The van der Waals surface area contributed by atoms with Crippen LogP contribution in [0.4, 0.5) is 0 Å². The summed E-state index contributed by atoms with van der Waals surface area (Å²) in [5, 5.41) is 3.00. The smallest absolute Gasteiger partial charge is 0.344 e. The molecule has 2 saturated carbocycles. The van der Waals surface area contributed by atoms with Gasteiger partial charge < -0.3 is 14.8 Å². The number of amides is 1. The molecule has 2 fully saturated rings. The minimum Gasteiger partial charge on any atom is -0.482 e. The lowest BCUT2D eigenvalue weighted by Crippen LogP contribution is -2.42. The number of carbonyl (C=O) groups excluding carboxylic acids is 2. The minimum absolute atomic E-state index is 0.130. The summed E-state index contributed by atoms with van der Waals surface area (Å²) in [6.07, 6.45) is 5.15. The van der Waals surface area contributed by atoms with E-state index < -0.39 is 5.97 Å². The van der Waals surface area contributed by atoms with Crippen molar-refractivity contribution in [2.24, 2.45) is 17.8 Å². The van der Waals surface area contributed by atoms with Crippen LogP contribution in [0.5, 0.6) is 5.75 Å². The second-order valence-electron chi connectivity index (χ2n) is 8.53. The maximum Gasteiger partial charge on any atom is 0.344 e. The van der Waals surface area contributed by atoms with E-state index in [1.807, 2.05) is 54.6 Å². The molecule has 0 heterocycles. The molecule has 5 heteroatoms. The predicted octanol–water partition coefficient (Wildman–Crippen LogP) is 4.22. The van der Waals surface area contributed by atoms with Crippen LogP contribution in [0.2, 0.25) is 0 Å². The minimum atomic E-state index is -0.551. The first-order valence-electron chi connectivity index (χ1n) is 10.8. The molecule has 2 bridgehead atoms. The molecular formula is C25H29NO4. The number of rotatable bonds is 8. The SMILES string of the molecule is C[C@H](NC(=O)COC(=O)COc1ccc(-c2ccccc2)cc1)[C@@H]1C[C@H]2CC[C@H]1C2. The van der Waals surface area contributed by atoms with Crippen molar-refractivity contribution in [3.8, 4) is 16.9 Å². The molecular weight excluding hydrogens is 378 g/mol. The van der Waals surface area contributed by atoms with E-state index in [-0.39, 0.29) is 25.2 Å². The van der Waals surface area contributed by atoms with E-state index in [0.29, 0.717) is 11.7 Å². The van der Waals surface area contributed by atoms with Crippen LogP contribution in [0.15, 0.2) is 54.6 Å². The van der Waals surface area contributed by atoms with Crippen molar-refractivity contribution in [1.82, 2.24) is 5.32 Å². The third kappa shape index (κ3) is 5.02. The van der Waals surface area contributed by atoms with Gasteiger partial charge in [0.25, 0.3) is 5.91 Å². The fourth-order valence-corrected chi connectivity index (χ4v) is 5.01. The maximum absolute atomic E-state index is 12.1. The summed E-state index contributed by atoms with van der Waals surface area (Å²) in [5.41, 5.74) is 2.20. The Balaban J connectivity index is 1.16. The Bertz CT molecular complexity index is 864. The number of hydrogen-bond donors (Lipinski definition) is 1. The van der Waals surface area contributed by atoms with E-state index >= 15 is 0 Å². The van der Waals surface area contributed by atoms with E-state index in [9.17, 15) is 9.59 Å². The molecule has 1 N–H and O–H groups in total. The summed E-state index contributed by atoms with van der Waals surface area (Å²) in [6, 6.07) is 17.7. The molecule has 2 aromatic rings. The highest BCUT2D eigenvalue weighted by Gasteiger charge is 2.42. The lowest BCUT2D eigenvalue weighted by molar-refractivity contribution is -0.150. The highest BCUT2D eigenvalue weighted by Crippen LogP contribution is 2.49. The second kappa shape index (κ2) is 9.33. The molecule has 2 aliphatic carbocycles. The molecule has 0 aromatic heterocycles. The van der Waals surface area contributed by atoms with Crippen molar-refractivity contribution in [2.75, 3.05) is 13.2 Å². The van der Waals surface area contributed by atoms with Gasteiger partial charge in [-0.2, -0.15) is 0 Å². The number of carbonyl (C=O) groups is 2. The van der Waals surface area contributed by atoms with Gasteiger partial charge in [-0.1, -0.05) is 48.9 Å². The Morgan fingerprint density at radius 3 is 2.37 bits per heavy atom. The van der Waals surface area contributed by atoms with E-state index in [1.54, 1.807) is 0 Å². The molecule has 0 radical (unpaired) electrons. The molecule has 5 nitrogen and oxygen atoms in total.